The number of hydrogen-bond donors (Lipinski definition) is 1. The first kappa shape index (κ1) is 18.7. The van der Waals surface area contributed by atoms with Crippen molar-refractivity contribution >= 4 is 22.6 Å². The molecule has 1 amide bonds. The number of aromatic nitrogens is 3. The van der Waals surface area contributed by atoms with Gasteiger partial charge in [-0.2, -0.15) is 0 Å². The summed E-state index contributed by atoms with van der Waals surface area (Å²) in [6.07, 6.45) is 0. The van der Waals surface area contributed by atoms with Crippen molar-refractivity contribution in [3.63, 3.8) is 0 Å². The third-order valence-electron chi connectivity index (χ3n) is 4.96. The predicted octanol–water partition coefficient (Wildman–Crippen LogP) is 4.36. The molecule has 0 spiro atoms. The van der Waals surface area contributed by atoms with Crippen LogP contribution < -0.4 is 10.1 Å². The second-order valence-electron chi connectivity index (χ2n) is 7.03. The molecule has 1 aromatic heterocycles. The molecule has 0 unspecified atom stereocenters. The Morgan fingerprint density at radius 2 is 1.90 bits per heavy atom. The number of nitrogens with zero attached hydrogens (tertiary/aromatic N) is 3. The van der Waals surface area contributed by atoms with Crippen LogP contribution in [0.2, 0.25) is 0 Å². The van der Waals surface area contributed by atoms with Gasteiger partial charge in [0.1, 0.15) is 11.3 Å². The Morgan fingerprint density at radius 1 is 1.07 bits per heavy atom. The third kappa shape index (κ3) is 3.82. The van der Waals surface area contributed by atoms with Crippen LogP contribution in [0.25, 0.3) is 11.0 Å². The summed E-state index contributed by atoms with van der Waals surface area (Å²) in [5.74, 6) is 0.401. The van der Waals surface area contributed by atoms with E-state index >= 15 is 0 Å². The maximum Gasteiger partial charge on any atom is 0.255 e. The lowest BCUT2D eigenvalue weighted by Gasteiger charge is -2.11. The zero-order chi connectivity index (χ0) is 20.4. The molecule has 146 valence electrons. The zero-order valence-electron chi connectivity index (χ0n) is 16.6. The van der Waals surface area contributed by atoms with E-state index in [1.54, 1.807) is 19.2 Å². The summed E-state index contributed by atoms with van der Waals surface area (Å²) in [4.78, 5) is 12.8. The van der Waals surface area contributed by atoms with Crippen LogP contribution in [0.1, 0.15) is 27.0 Å². The maximum absolute atomic E-state index is 12.8. The monoisotopic (exact) mass is 386 g/mol. The molecule has 0 aliphatic heterocycles. The molecule has 6 nitrogen and oxygen atoms in total. The van der Waals surface area contributed by atoms with Crippen molar-refractivity contribution in [1.82, 2.24) is 15.0 Å². The van der Waals surface area contributed by atoms with Gasteiger partial charge in [0.25, 0.3) is 5.91 Å². The number of benzene rings is 3. The van der Waals surface area contributed by atoms with Crippen molar-refractivity contribution in [3.8, 4) is 5.75 Å². The summed E-state index contributed by atoms with van der Waals surface area (Å²) in [5.41, 5.74) is 6.16. The molecule has 1 N–H and O–H groups in total. The molecule has 0 saturated heterocycles. The van der Waals surface area contributed by atoms with Crippen LogP contribution in [0, 0.1) is 13.8 Å². The van der Waals surface area contributed by atoms with Crippen molar-refractivity contribution in [2.45, 2.75) is 20.4 Å². The van der Waals surface area contributed by atoms with Gasteiger partial charge in [0.15, 0.2) is 0 Å². The normalized spacial score (nSPS) is 10.9. The number of carbonyl (C=O) groups excluding carboxylic acids is 1. The Hall–Kier alpha value is -3.67. The summed E-state index contributed by atoms with van der Waals surface area (Å²) < 4.78 is 7.19. The summed E-state index contributed by atoms with van der Waals surface area (Å²) in [6, 6.07) is 19.3. The molecular weight excluding hydrogens is 364 g/mol. The van der Waals surface area contributed by atoms with E-state index in [9.17, 15) is 4.79 Å². The van der Waals surface area contributed by atoms with E-state index in [4.69, 9.17) is 4.74 Å². The molecule has 4 rings (SSSR count). The molecule has 29 heavy (non-hydrogen) atoms. The Bertz CT molecular complexity index is 1200. The minimum absolute atomic E-state index is 0.218. The van der Waals surface area contributed by atoms with Crippen molar-refractivity contribution in [2.24, 2.45) is 0 Å². The van der Waals surface area contributed by atoms with Crippen LogP contribution in [0.4, 0.5) is 5.69 Å². The fourth-order valence-corrected chi connectivity index (χ4v) is 3.29. The summed E-state index contributed by atoms with van der Waals surface area (Å²) in [7, 11) is 1.58. The number of nitrogens with one attached hydrogen (secondary N) is 1. The number of ether oxygens (including phenoxy) is 1. The van der Waals surface area contributed by atoms with Gasteiger partial charge in [0, 0.05) is 5.56 Å². The lowest BCUT2D eigenvalue weighted by Crippen LogP contribution is -2.12. The van der Waals surface area contributed by atoms with Gasteiger partial charge in [0.05, 0.1) is 24.9 Å². The van der Waals surface area contributed by atoms with Crippen molar-refractivity contribution in [3.05, 3.63) is 82.9 Å². The average molecular weight is 386 g/mol. The van der Waals surface area contributed by atoms with Gasteiger partial charge in [-0.25, -0.2) is 4.68 Å². The van der Waals surface area contributed by atoms with Gasteiger partial charge in [-0.3, -0.25) is 4.79 Å². The average Bonchev–Trinajstić information content (AvgIpc) is 3.12. The molecule has 0 aliphatic rings. The summed E-state index contributed by atoms with van der Waals surface area (Å²) >= 11 is 0. The molecule has 0 atom stereocenters. The van der Waals surface area contributed by atoms with Gasteiger partial charge >= 0.3 is 0 Å². The standard InChI is InChI=1S/C23H22N4O2/c1-15-8-11-22(29-3)20(12-15)24-23(28)17-9-10-21-19(13-17)25-26-27(21)14-18-7-5-4-6-16(18)2/h4-13H,14H2,1-3H3,(H,24,28). The molecule has 0 bridgehead atoms. The number of methoxy groups -OCH3 is 1. The van der Waals surface area contributed by atoms with E-state index < -0.39 is 0 Å². The van der Waals surface area contributed by atoms with E-state index in [-0.39, 0.29) is 5.91 Å². The number of amides is 1. The molecule has 0 radical (unpaired) electrons. The van der Waals surface area contributed by atoms with Crippen LogP contribution in [-0.4, -0.2) is 28.0 Å². The highest BCUT2D eigenvalue weighted by Crippen LogP contribution is 2.26. The van der Waals surface area contributed by atoms with Crippen molar-refractivity contribution in [1.29, 1.82) is 0 Å². The highest BCUT2D eigenvalue weighted by molar-refractivity contribution is 6.06. The number of anilines is 1. The number of aryl methyl sites for hydroxylation is 2. The Morgan fingerprint density at radius 3 is 2.69 bits per heavy atom. The number of rotatable bonds is 5. The lowest BCUT2D eigenvalue weighted by atomic mass is 10.1. The number of hydrogen-bond acceptors (Lipinski definition) is 4. The van der Waals surface area contributed by atoms with Gasteiger partial charge in [-0.1, -0.05) is 35.5 Å². The molecule has 4 aromatic rings. The lowest BCUT2D eigenvalue weighted by molar-refractivity contribution is 0.102. The van der Waals surface area contributed by atoms with Crippen molar-refractivity contribution in [2.75, 3.05) is 12.4 Å². The minimum atomic E-state index is -0.218. The highest BCUT2D eigenvalue weighted by atomic mass is 16.5. The zero-order valence-corrected chi connectivity index (χ0v) is 16.6. The Labute approximate surface area is 169 Å². The molecule has 1 heterocycles. The maximum atomic E-state index is 12.8. The molecule has 6 heteroatoms. The summed E-state index contributed by atoms with van der Waals surface area (Å²) in [6.45, 7) is 4.68. The fraction of sp³-hybridized carbons (Fsp3) is 0.174. The van der Waals surface area contributed by atoms with E-state index in [0.717, 1.165) is 11.1 Å². The molecule has 3 aromatic carbocycles. The molecule has 0 fully saturated rings. The predicted molar refractivity (Wildman–Crippen MR) is 113 cm³/mol. The van der Waals surface area contributed by atoms with E-state index in [0.29, 0.717) is 29.1 Å². The molecule has 0 aliphatic carbocycles. The number of fused-ring (bicyclic) bond motifs is 1. The fourth-order valence-electron chi connectivity index (χ4n) is 3.29. The SMILES string of the molecule is COc1ccc(C)cc1NC(=O)c1ccc2c(c1)nnn2Cc1ccccc1C. The number of carbonyl (C=O) groups is 1. The van der Waals surface area contributed by atoms with E-state index in [1.807, 2.05) is 48.0 Å². The van der Waals surface area contributed by atoms with Gasteiger partial charge < -0.3 is 10.1 Å². The summed E-state index contributed by atoms with van der Waals surface area (Å²) in [5, 5.41) is 11.4. The minimum Gasteiger partial charge on any atom is -0.495 e. The Balaban J connectivity index is 1.59. The smallest absolute Gasteiger partial charge is 0.255 e. The van der Waals surface area contributed by atoms with Crippen LogP contribution >= 0.6 is 0 Å². The van der Waals surface area contributed by atoms with E-state index in [2.05, 4.69) is 34.7 Å². The topological polar surface area (TPSA) is 69.0 Å². The van der Waals surface area contributed by atoms with Crippen LogP contribution in [0.3, 0.4) is 0 Å². The first-order valence-corrected chi connectivity index (χ1v) is 9.39. The van der Waals surface area contributed by atoms with Gasteiger partial charge in [-0.05, 0) is 60.9 Å². The van der Waals surface area contributed by atoms with Gasteiger partial charge in [-0.15, -0.1) is 5.10 Å². The second-order valence-corrected chi connectivity index (χ2v) is 7.03. The molecular formula is C23H22N4O2. The highest BCUT2D eigenvalue weighted by Gasteiger charge is 2.13. The quantitative estimate of drug-likeness (QED) is 0.553. The first-order valence-electron chi connectivity index (χ1n) is 9.39. The second kappa shape index (κ2) is 7.75. The van der Waals surface area contributed by atoms with Gasteiger partial charge in [0.2, 0.25) is 0 Å². The third-order valence-corrected chi connectivity index (χ3v) is 4.96. The largest absolute Gasteiger partial charge is 0.495 e. The van der Waals surface area contributed by atoms with Crippen molar-refractivity contribution < 1.29 is 9.53 Å². The molecule has 0 saturated carbocycles. The first-order chi connectivity index (χ1) is 14.0. The van der Waals surface area contributed by atoms with E-state index in [1.165, 1.54) is 11.1 Å². The van der Waals surface area contributed by atoms with Crippen LogP contribution in [-0.2, 0) is 6.54 Å². The van der Waals surface area contributed by atoms with Crippen LogP contribution in [0.5, 0.6) is 5.75 Å². The Kier molecular flexibility index (Phi) is 4.99. The van der Waals surface area contributed by atoms with Crippen LogP contribution in [0.15, 0.2) is 60.7 Å².